The first-order valence-corrected chi connectivity index (χ1v) is 13.4. The number of rotatable bonds is 5. The van der Waals surface area contributed by atoms with Gasteiger partial charge in [-0.3, -0.25) is 14.9 Å². The van der Waals surface area contributed by atoms with Crippen molar-refractivity contribution in [3.05, 3.63) is 106 Å². The smallest absolute Gasteiger partial charge is 0.293 e. The van der Waals surface area contributed by atoms with Crippen molar-refractivity contribution in [2.45, 2.75) is 0 Å². The highest BCUT2D eigenvalue weighted by Crippen LogP contribution is 2.25. The summed E-state index contributed by atoms with van der Waals surface area (Å²) in [6.07, 6.45) is 0. The Kier molecular flexibility index (Phi) is 8.16. The molecule has 0 radical (unpaired) electrons. The van der Waals surface area contributed by atoms with Crippen LogP contribution < -0.4 is 15.5 Å². The van der Waals surface area contributed by atoms with Gasteiger partial charge in [0.25, 0.3) is 11.8 Å². The fourth-order valence-electron chi connectivity index (χ4n) is 4.28. The number of furan rings is 1. The molecule has 1 aromatic heterocycles. The number of halogens is 2. The van der Waals surface area contributed by atoms with E-state index >= 15 is 0 Å². The molecule has 4 aromatic rings. The highest BCUT2D eigenvalue weighted by atomic mass is 35.5. The van der Waals surface area contributed by atoms with E-state index in [0.717, 1.165) is 30.0 Å². The van der Waals surface area contributed by atoms with Crippen LogP contribution in [0.5, 0.6) is 0 Å². The Morgan fingerprint density at radius 2 is 1.54 bits per heavy atom. The Labute approximate surface area is 241 Å². The molecule has 3 aromatic carbocycles. The van der Waals surface area contributed by atoms with E-state index in [9.17, 15) is 9.59 Å². The van der Waals surface area contributed by atoms with Gasteiger partial charge in [0.15, 0.2) is 10.9 Å². The van der Waals surface area contributed by atoms with E-state index in [2.05, 4.69) is 15.5 Å². The van der Waals surface area contributed by atoms with Gasteiger partial charge in [-0.1, -0.05) is 35.3 Å². The van der Waals surface area contributed by atoms with Crippen LogP contribution in [0.25, 0.3) is 11.3 Å². The number of thiocarbonyl (C=S) groups is 1. The van der Waals surface area contributed by atoms with Gasteiger partial charge in [-0.05, 0) is 85.0 Å². The van der Waals surface area contributed by atoms with Crippen LogP contribution in [-0.2, 0) is 0 Å². The van der Waals surface area contributed by atoms with Gasteiger partial charge in [-0.2, -0.15) is 0 Å². The Balaban J connectivity index is 1.11. The molecule has 1 saturated heterocycles. The van der Waals surface area contributed by atoms with Crippen LogP contribution >= 0.6 is 35.4 Å². The minimum Gasteiger partial charge on any atom is -0.451 e. The average molecular weight is 580 g/mol. The first-order chi connectivity index (χ1) is 18.9. The standard InChI is InChI=1S/C29H24Cl2N4O3S/c30-21-6-4-19(5-7-21)28(37)35-16-14-34(15-17-35)24-10-8-23(9-11-24)32-29(39)33-27(36)26-13-12-25(38-26)20-2-1-3-22(31)18-20/h1-13,18H,14-17H2,(H2,32,33,36,39). The first-order valence-electron chi connectivity index (χ1n) is 12.2. The number of piperazine rings is 1. The van der Waals surface area contributed by atoms with Gasteiger partial charge in [-0.15, -0.1) is 0 Å². The third-order valence-electron chi connectivity index (χ3n) is 6.31. The van der Waals surface area contributed by atoms with Gasteiger partial charge < -0.3 is 19.5 Å². The third-order valence-corrected chi connectivity index (χ3v) is 7.01. The number of nitrogens with zero attached hydrogens (tertiary/aromatic N) is 2. The summed E-state index contributed by atoms with van der Waals surface area (Å²) in [5.74, 6) is 0.227. The third kappa shape index (κ3) is 6.60. The number of amides is 2. The molecule has 39 heavy (non-hydrogen) atoms. The minimum atomic E-state index is -0.455. The predicted molar refractivity (Wildman–Crippen MR) is 159 cm³/mol. The molecule has 5 rings (SSSR count). The van der Waals surface area contributed by atoms with E-state index in [0.29, 0.717) is 34.5 Å². The zero-order valence-corrected chi connectivity index (χ0v) is 23.0. The maximum Gasteiger partial charge on any atom is 0.293 e. The van der Waals surface area contributed by atoms with Crippen molar-refractivity contribution >= 4 is 63.7 Å². The van der Waals surface area contributed by atoms with E-state index in [1.807, 2.05) is 41.3 Å². The molecule has 1 fully saturated rings. The van der Waals surface area contributed by atoms with E-state index < -0.39 is 5.91 Å². The summed E-state index contributed by atoms with van der Waals surface area (Å²) in [7, 11) is 0. The highest BCUT2D eigenvalue weighted by molar-refractivity contribution is 7.80. The molecule has 2 heterocycles. The second-order valence-electron chi connectivity index (χ2n) is 8.92. The van der Waals surface area contributed by atoms with Crippen LogP contribution in [-0.4, -0.2) is 48.0 Å². The molecule has 0 spiro atoms. The fourth-order valence-corrected chi connectivity index (χ4v) is 4.81. The molecule has 0 bridgehead atoms. The van der Waals surface area contributed by atoms with Crippen molar-refractivity contribution < 1.29 is 14.0 Å². The predicted octanol–water partition coefficient (Wildman–Crippen LogP) is 6.34. The number of benzene rings is 3. The summed E-state index contributed by atoms with van der Waals surface area (Å²) < 4.78 is 5.68. The lowest BCUT2D eigenvalue weighted by Gasteiger charge is -2.36. The number of carbonyl (C=O) groups excluding carboxylic acids is 2. The molecular weight excluding hydrogens is 555 g/mol. The van der Waals surface area contributed by atoms with E-state index in [1.54, 1.807) is 48.5 Å². The van der Waals surface area contributed by atoms with Crippen LogP contribution in [0.2, 0.25) is 10.0 Å². The molecule has 0 unspecified atom stereocenters. The summed E-state index contributed by atoms with van der Waals surface area (Å²) in [4.78, 5) is 29.4. The monoisotopic (exact) mass is 578 g/mol. The van der Waals surface area contributed by atoms with Gasteiger partial charge in [0.1, 0.15) is 5.76 Å². The number of anilines is 2. The summed E-state index contributed by atoms with van der Waals surface area (Å²) in [5.41, 5.74) is 3.19. The Bertz CT molecular complexity index is 1500. The van der Waals surface area contributed by atoms with Crippen LogP contribution in [0.3, 0.4) is 0 Å². The summed E-state index contributed by atoms with van der Waals surface area (Å²) in [5, 5.41) is 7.01. The maximum absolute atomic E-state index is 12.8. The zero-order chi connectivity index (χ0) is 27.4. The van der Waals surface area contributed by atoms with Gasteiger partial charge in [0, 0.05) is 58.7 Å². The fraction of sp³-hybridized carbons (Fsp3) is 0.138. The zero-order valence-electron chi connectivity index (χ0n) is 20.7. The van der Waals surface area contributed by atoms with Crippen LogP contribution in [0.4, 0.5) is 11.4 Å². The SMILES string of the molecule is O=C(NC(=S)Nc1ccc(N2CCN(C(=O)c3ccc(Cl)cc3)CC2)cc1)c1ccc(-c2cccc(Cl)c2)o1. The number of carbonyl (C=O) groups is 2. The average Bonchev–Trinajstić information content (AvgIpc) is 3.45. The molecule has 0 aliphatic carbocycles. The normalized spacial score (nSPS) is 13.2. The van der Waals surface area contributed by atoms with Crippen LogP contribution in [0.1, 0.15) is 20.9 Å². The molecule has 1 aliphatic heterocycles. The van der Waals surface area contributed by atoms with E-state index in [4.69, 9.17) is 39.8 Å². The first kappa shape index (κ1) is 26.7. The van der Waals surface area contributed by atoms with Gasteiger partial charge in [-0.25, -0.2) is 0 Å². The van der Waals surface area contributed by atoms with E-state index in [-0.39, 0.29) is 16.8 Å². The summed E-state index contributed by atoms with van der Waals surface area (Å²) in [6, 6.07) is 25.2. The molecule has 2 N–H and O–H groups in total. The molecule has 2 amide bonds. The van der Waals surface area contributed by atoms with Crippen molar-refractivity contribution in [3.63, 3.8) is 0 Å². The summed E-state index contributed by atoms with van der Waals surface area (Å²) >= 11 is 17.3. The van der Waals surface area contributed by atoms with Crippen LogP contribution in [0.15, 0.2) is 89.3 Å². The van der Waals surface area contributed by atoms with E-state index in [1.165, 1.54) is 0 Å². The minimum absolute atomic E-state index is 0.0108. The Morgan fingerprint density at radius 1 is 0.821 bits per heavy atom. The van der Waals surface area contributed by atoms with Gasteiger partial charge in [0.2, 0.25) is 0 Å². The van der Waals surface area contributed by atoms with Gasteiger partial charge in [0.05, 0.1) is 0 Å². The Morgan fingerprint density at radius 3 is 2.23 bits per heavy atom. The quantitative estimate of drug-likeness (QED) is 0.269. The molecule has 7 nitrogen and oxygen atoms in total. The van der Waals surface area contributed by atoms with Crippen LogP contribution in [0, 0.1) is 0 Å². The Hall–Kier alpha value is -3.85. The van der Waals surface area contributed by atoms with Crippen molar-refractivity contribution in [3.8, 4) is 11.3 Å². The number of hydrogen-bond acceptors (Lipinski definition) is 5. The lowest BCUT2D eigenvalue weighted by atomic mass is 10.1. The molecule has 0 saturated carbocycles. The molecule has 0 atom stereocenters. The van der Waals surface area contributed by atoms with Gasteiger partial charge >= 0.3 is 0 Å². The number of hydrogen-bond donors (Lipinski definition) is 2. The topological polar surface area (TPSA) is 77.8 Å². The van der Waals surface area contributed by atoms with Crippen molar-refractivity contribution in [1.82, 2.24) is 10.2 Å². The highest BCUT2D eigenvalue weighted by Gasteiger charge is 2.22. The summed E-state index contributed by atoms with van der Waals surface area (Å²) in [6.45, 7) is 2.70. The second kappa shape index (κ2) is 11.9. The largest absolute Gasteiger partial charge is 0.451 e. The molecule has 10 heteroatoms. The van der Waals surface area contributed by atoms with Crippen molar-refractivity contribution in [2.75, 3.05) is 36.4 Å². The van der Waals surface area contributed by atoms with Crippen molar-refractivity contribution in [2.24, 2.45) is 0 Å². The lowest BCUT2D eigenvalue weighted by molar-refractivity contribution is 0.0746. The lowest BCUT2D eigenvalue weighted by Crippen LogP contribution is -2.48. The molecular formula is C29H24Cl2N4O3S. The maximum atomic E-state index is 12.8. The molecule has 198 valence electrons. The molecule has 1 aliphatic rings. The van der Waals surface area contributed by atoms with Crippen molar-refractivity contribution in [1.29, 1.82) is 0 Å². The second-order valence-corrected chi connectivity index (χ2v) is 10.2. The number of nitrogens with one attached hydrogen (secondary N) is 2.